The number of rotatable bonds is 5. The lowest BCUT2D eigenvalue weighted by Crippen LogP contribution is -2.22. The lowest BCUT2D eigenvalue weighted by atomic mass is 10.2. The van der Waals surface area contributed by atoms with Gasteiger partial charge < -0.3 is 51.4 Å². The summed E-state index contributed by atoms with van der Waals surface area (Å²) in [5.74, 6) is 0.999. The van der Waals surface area contributed by atoms with E-state index in [1.54, 1.807) is 12.3 Å². The van der Waals surface area contributed by atoms with Gasteiger partial charge in [-0.1, -0.05) is 64.6 Å². The number of Topliss-reactive ketones (excluding diaryl/α,β-unsaturated/α-hetero) is 3. The second-order valence-electron chi connectivity index (χ2n) is 14.3. The number of nitrogen functional groups attached to an aromatic ring is 3. The van der Waals surface area contributed by atoms with Crippen LogP contribution in [0.25, 0.3) is 6.08 Å². The van der Waals surface area contributed by atoms with Crippen LogP contribution < -0.4 is 52.6 Å². The summed E-state index contributed by atoms with van der Waals surface area (Å²) < 4.78 is 20.3. The first-order chi connectivity index (χ1) is 37.6. The molecule has 0 aromatic carbocycles. The smallest absolute Gasteiger partial charge is 0.291 e. The van der Waals surface area contributed by atoms with E-state index < -0.39 is 17.0 Å². The van der Waals surface area contributed by atoms with Crippen LogP contribution in [0.3, 0.4) is 0 Å². The van der Waals surface area contributed by atoms with Crippen LogP contribution in [0.5, 0.6) is 23.5 Å². The van der Waals surface area contributed by atoms with Gasteiger partial charge in [0.05, 0.1) is 63.1 Å². The van der Waals surface area contributed by atoms with Crippen molar-refractivity contribution < 1.29 is 42.9 Å². The minimum Gasteiger partial charge on any atom is -0.478 e. The molecule has 0 saturated heterocycles. The molecule has 414 valence electrons. The molecule has 10 heterocycles. The SMILES string of the molecule is C=Cc1cnc2c(n1)CC(=O)CO2.COc1ncc(Cl)nc1N.Nc1nc(Cl)c[nH]c1=O.Nc1nc(Cl)cnc1Br.O=C(CCl)Nc1nc(Cl)c[nH]c1=O.O=C1COc2ncc(Cl)nc2C1.O=Cc1cnc2c(n1)CC(=O)CO2. The Kier molecular flexibility index (Phi) is 25.6. The number of carbonyl (C=O) groups excluding carboxylic acids is 5. The number of nitrogens with one attached hydrogen (secondary N) is 3. The molecule has 29 nitrogen and oxygen atoms in total. The van der Waals surface area contributed by atoms with E-state index in [0.717, 1.165) is 0 Å². The third-order valence-corrected chi connectivity index (χ3v) is 10.3. The Bertz CT molecular complexity index is 3390. The van der Waals surface area contributed by atoms with Crippen LogP contribution in [-0.4, -0.2) is 132 Å². The predicted octanol–water partition coefficient (Wildman–Crippen LogP) is 3.85. The summed E-state index contributed by atoms with van der Waals surface area (Å²) in [6.45, 7) is 3.81. The molecule has 0 saturated carbocycles. The van der Waals surface area contributed by atoms with Crippen LogP contribution in [0.1, 0.15) is 33.3 Å². The number of ether oxygens (including phenoxy) is 4. The highest BCUT2D eigenvalue weighted by Crippen LogP contribution is 2.21. The van der Waals surface area contributed by atoms with Gasteiger partial charge in [0.15, 0.2) is 41.1 Å². The van der Waals surface area contributed by atoms with Crippen molar-refractivity contribution in [3.8, 4) is 23.5 Å². The number of halogens is 7. The number of hydrogen-bond donors (Lipinski definition) is 6. The minimum atomic E-state index is -0.525. The molecule has 0 aliphatic carbocycles. The van der Waals surface area contributed by atoms with Crippen molar-refractivity contribution >= 4 is 144 Å². The monoisotopic (exact) mass is 1270 g/mol. The standard InChI is InChI=1S/C9H8N2O2.C8H6N2O3.C7H5ClN2O2.C6H5Cl2N3O2.C5H6ClN3O.C4H3BrClN3.C4H4ClN3O/c1-2-6-4-10-9-8(11-6)3-7(12)5-13-9;11-3-5-2-9-8-7(10-5)1-6(12)4-13-8;8-6-2-9-7-5(10-6)1-4(11)3-12-7;7-1-4(12)11-5-6(13)9-2-3(8)10-5;1-10-5-4(7)9-3(6)2-8-5;5-3-4(7)9-2(6)1-8-3;5-2-1-7-4(9)3(6)8-2/h2,4H,1,3,5H2;2-3H,1,4H2;2H,1,3H2;2H,1H2,(H,9,13)(H,10,11,12);2H,1H3,(H2,7,9);1H,(H2,7,9);1H,(H2,6,8)(H,7,9). The molecule has 0 radical (unpaired) electrons. The van der Waals surface area contributed by atoms with Gasteiger partial charge in [0.1, 0.15) is 78.8 Å². The third kappa shape index (κ3) is 21.7. The zero-order valence-electron chi connectivity index (χ0n) is 40.1. The number of aldehydes is 1. The van der Waals surface area contributed by atoms with Crippen LogP contribution in [0, 0.1) is 0 Å². The number of aromatic amines is 2. The number of ketones is 3. The number of nitrogens with zero attached hydrogens (tertiary/aromatic N) is 12. The second-order valence-corrected chi connectivity index (χ2v) is 17.3. The zero-order chi connectivity index (χ0) is 58.2. The van der Waals surface area contributed by atoms with Crippen molar-refractivity contribution in [2.75, 3.05) is 55.3 Å². The average molecular weight is 1270 g/mol. The number of alkyl halides is 1. The van der Waals surface area contributed by atoms with Crippen LogP contribution in [-0.2, 0) is 38.4 Å². The van der Waals surface area contributed by atoms with E-state index in [2.05, 4.69) is 97.6 Å². The second kappa shape index (κ2) is 31.9. The van der Waals surface area contributed by atoms with E-state index in [1.807, 2.05) is 0 Å². The summed E-state index contributed by atoms with van der Waals surface area (Å²) in [4.78, 5) is 126. The van der Waals surface area contributed by atoms with E-state index in [-0.39, 0.29) is 99.7 Å². The maximum Gasteiger partial charge on any atom is 0.291 e. The predicted molar refractivity (Wildman–Crippen MR) is 290 cm³/mol. The van der Waals surface area contributed by atoms with E-state index in [9.17, 15) is 33.6 Å². The quantitative estimate of drug-likeness (QED) is 0.105. The number of aromatic nitrogens is 14. The summed E-state index contributed by atoms with van der Waals surface area (Å²) in [6.07, 6.45) is 12.5. The summed E-state index contributed by atoms with van der Waals surface area (Å²) in [7, 11) is 1.47. The molecule has 1 amide bonds. The Hall–Kier alpha value is -8.13. The van der Waals surface area contributed by atoms with Gasteiger partial charge in [-0.3, -0.25) is 33.6 Å². The van der Waals surface area contributed by atoms with Crippen molar-refractivity contribution in [1.29, 1.82) is 0 Å². The number of H-pyrrole nitrogens is 2. The highest BCUT2D eigenvalue weighted by molar-refractivity contribution is 9.10. The molecule has 3 aliphatic rings. The van der Waals surface area contributed by atoms with Gasteiger partial charge in [0.25, 0.3) is 17.0 Å². The molecule has 7 aromatic rings. The number of fused-ring (bicyclic) bond motifs is 3. The molecular formula is C43H37BrCl6N18O11. The van der Waals surface area contributed by atoms with Crippen LogP contribution >= 0.6 is 85.5 Å². The van der Waals surface area contributed by atoms with Crippen LogP contribution in [0.2, 0.25) is 25.8 Å². The fourth-order valence-electron chi connectivity index (χ4n) is 5.20. The zero-order valence-corrected chi connectivity index (χ0v) is 46.2. The van der Waals surface area contributed by atoms with Gasteiger partial charge in [-0.15, -0.1) is 11.6 Å². The van der Waals surface area contributed by atoms with E-state index in [0.29, 0.717) is 74.6 Å². The number of carbonyl (C=O) groups is 5. The molecule has 7 aromatic heterocycles. The van der Waals surface area contributed by atoms with E-state index >= 15 is 0 Å². The molecule has 36 heteroatoms. The van der Waals surface area contributed by atoms with E-state index in [1.165, 1.54) is 44.3 Å². The highest BCUT2D eigenvalue weighted by atomic mass is 79.9. The van der Waals surface area contributed by atoms with Crippen molar-refractivity contribution in [3.05, 3.63) is 130 Å². The summed E-state index contributed by atoms with van der Waals surface area (Å²) in [5.41, 5.74) is 17.3. The first kappa shape index (κ1) is 63.4. The number of anilines is 4. The fraction of sp³-hybridized carbons (Fsp3) is 0.186. The normalized spacial score (nSPS) is 12.1. The average Bonchev–Trinajstić information content (AvgIpc) is 3.42. The van der Waals surface area contributed by atoms with Gasteiger partial charge in [-0.25, -0.2) is 59.8 Å². The molecule has 0 bridgehead atoms. The van der Waals surface area contributed by atoms with Crippen LogP contribution in [0.15, 0.2) is 64.1 Å². The summed E-state index contributed by atoms with van der Waals surface area (Å²) in [6, 6.07) is 0. The molecule has 3 aliphatic heterocycles. The Balaban J connectivity index is 0.000000200. The van der Waals surface area contributed by atoms with Gasteiger partial charge in [-0.05, 0) is 22.0 Å². The molecule has 0 unspecified atom stereocenters. The molecule has 10 rings (SSSR count). The maximum atomic E-state index is 11.0. The lowest BCUT2D eigenvalue weighted by Gasteiger charge is -2.13. The first-order valence-corrected chi connectivity index (χ1v) is 24.4. The molecule has 0 fully saturated rings. The fourth-order valence-corrected chi connectivity index (χ4v) is 6.17. The molecular weight excluding hydrogens is 1240 g/mol. The summed E-state index contributed by atoms with van der Waals surface area (Å²) in [5, 5.41) is 3.31. The number of hydrogen-bond acceptors (Lipinski definition) is 26. The van der Waals surface area contributed by atoms with E-state index in [4.69, 9.17) is 106 Å². The largest absolute Gasteiger partial charge is 0.478 e. The van der Waals surface area contributed by atoms with Crippen LogP contribution in [0.4, 0.5) is 23.3 Å². The number of nitrogens with two attached hydrogens (primary N) is 3. The Labute approximate surface area is 481 Å². The van der Waals surface area contributed by atoms with Crippen molar-refractivity contribution in [1.82, 2.24) is 69.8 Å². The van der Waals surface area contributed by atoms with Gasteiger partial charge in [-0.2, -0.15) is 0 Å². The Morgan fingerprint density at radius 2 is 1.08 bits per heavy atom. The minimum absolute atomic E-state index is 0.000864. The maximum absolute atomic E-state index is 11.0. The molecule has 79 heavy (non-hydrogen) atoms. The first-order valence-electron chi connectivity index (χ1n) is 21.2. The summed E-state index contributed by atoms with van der Waals surface area (Å²) >= 11 is 35.6. The molecule has 0 atom stereocenters. The van der Waals surface area contributed by atoms with Gasteiger partial charge in [0.2, 0.25) is 29.4 Å². The van der Waals surface area contributed by atoms with Crippen molar-refractivity contribution in [2.45, 2.75) is 19.3 Å². The van der Waals surface area contributed by atoms with Gasteiger partial charge in [0, 0.05) is 12.4 Å². The molecule has 9 N–H and O–H groups in total. The molecule has 0 spiro atoms. The van der Waals surface area contributed by atoms with Gasteiger partial charge >= 0.3 is 0 Å². The lowest BCUT2D eigenvalue weighted by molar-refractivity contribution is -0.122. The van der Waals surface area contributed by atoms with Crippen molar-refractivity contribution in [3.63, 3.8) is 0 Å². The third-order valence-electron chi connectivity index (χ3n) is 8.53. The Morgan fingerprint density at radius 1 is 0.633 bits per heavy atom. The Morgan fingerprint density at radius 3 is 1.54 bits per heavy atom. The van der Waals surface area contributed by atoms with Crippen molar-refractivity contribution in [2.24, 2.45) is 0 Å². The number of amides is 1. The topological polar surface area (TPSA) is 433 Å². The highest BCUT2D eigenvalue weighted by Gasteiger charge is 2.21. The number of methoxy groups -OCH3 is 1.